The van der Waals surface area contributed by atoms with Gasteiger partial charge in [0.25, 0.3) is 0 Å². The van der Waals surface area contributed by atoms with Gasteiger partial charge in [0.2, 0.25) is 0 Å². The summed E-state index contributed by atoms with van der Waals surface area (Å²) in [6.07, 6.45) is 1.23. The Labute approximate surface area is 119 Å². The molecule has 2 nitrogen and oxygen atoms in total. The average molecular weight is 262 g/mol. The summed E-state index contributed by atoms with van der Waals surface area (Å²) in [6, 6.07) is 8.90. The summed E-state index contributed by atoms with van der Waals surface area (Å²) >= 11 is 0. The van der Waals surface area contributed by atoms with E-state index in [2.05, 4.69) is 76.1 Å². The third-order valence-corrected chi connectivity index (χ3v) is 3.48. The van der Waals surface area contributed by atoms with Crippen LogP contribution in [0.25, 0.3) is 0 Å². The molecule has 0 aliphatic rings. The zero-order valence-electron chi connectivity index (χ0n) is 13.5. The fourth-order valence-corrected chi connectivity index (χ4v) is 1.94. The van der Waals surface area contributed by atoms with Crippen molar-refractivity contribution in [2.24, 2.45) is 5.92 Å². The van der Waals surface area contributed by atoms with Gasteiger partial charge in [0.15, 0.2) is 0 Å². The molecule has 19 heavy (non-hydrogen) atoms. The van der Waals surface area contributed by atoms with Gasteiger partial charge in [-0.3, -0.25) is 0 Å². The largest absolute Gasteiger partial charge is 0.374 e. The fraction of sp³-hybridized carbons (Fsp3) is 0.647. The van der Waals surface area contributed by atoms with Crippen molar-refractivity contribution in [3.05, 3.63) is 29.8 Å². The summed E-state index contributed by atoms with van der Waals surface area (Å²) in [4.78, 5) is 2.34. The molecule has 0 aliphatic carbocycles. The van der Waals surface area contributed by atoms with Crippen molar-refractivity contribution in [3.8, 4) is 0 Å². The Morgan fingerprint density at radius 3 is 2.21 bits per heavy atom. The van der Waals surface area contributed by atoms with Gasteiger partial charge in [-0.15, -0.1) is 0 Å². The van der Waals surface area contributed by atoms with Crippen LogP contribution in [0.1, 0.15) is 46.6 Å². The molecule has 0 amide bonds. The molecule has 0 fully saturated rings. The number of anilines is 1. The van der Waals surface area contributed by atoms with Crippen molar-refractivity contribution >= 4 is 5.69 Å². The second kappa shape index (κ2) is 6.95. The van der Waals surface area contributed by atoms with Crippen LogP contribution in [0, 0.1) is 5.92 Å². The van der Waals surface area contributed by atoms with Crippen LogP contribution < -0.4 is 10.2 Å². The number of rotatable bonds is 6. The van der Waals surface area contributed by atoms with Crippen molar-refractivity contribution in [2.45, 2.75) is 53.1 Å². The van der Waals surface area contributed by atoms with Crippen LogP contribution in [-0.4, -0.2) is 19.1 Å². The van der Waals surface area contributed by atoms with E-state index in [1.807, 2.05) is 0 Å². The molecule has 108 valence electrons. The minimum atomic E-state index is 0.173. The number of benzene rings is 1. The predicted octanol–water partition coefficient (Wildman–Crippen LogP) is 4.06. The summed E-state index contributed by atoms with van der Waals surface area (Å²) in [5, 5.41) is 3.51. The van der Waals surface area contributed by atoms with E-state index in [0.717, 1.165) is 19.0 Å². The number of hydrogen-bond acceptors (Lipinski definition) is 2. The first-order chi connectivity index (χ1) is 8.81. The molecule has 0 saturated carbocycles. The summed E-state index contributed by atoms with van der Waals surface area (Å²) in [5.41, 5.74) is 2.82. The summed E-state index contributed by atoms with van der Waals surface area (Å²) < 4.78 is 0. The Balaban J connectivity index is 2.56. The van der Waals surface area contributed by atoms with Gasteiger partial charge in [0, 0.05) is 31.4 Å². The van der Waals surface area contributed by atoms with Crippen LogP contribution in [0.5, 0.6) is 0 Å². The van der Waals surface area contributed by atoms with Crippen LogP contribution in [-0.2, 0) is 6.54 Å². The van der Waals surface area contributed by atoms with E-state index in [-0.39, 0.29) is 5.54 Å². The molecule has 1 unspecified atom stereocenters. The van der Waals surface area contributed by atoms with Crippen LogP contribution in [0.2, 0.25) is 0 Å². The maximum Gasteiger partial charge on any atom is 0.0363 e. The lowest BCUT2D eigenvalue weighted by molar-refractivity contribution is 0.424. The SMILES string of the molecule is CCC(C)CN(C)c1ccc(CNC(C)(C)C)cc1. The van der Waals surface area contributed by atoms with Gasteiger partial charge in [-0.05, 0) is 44.4 Å². The van der Waals surface area contributed by atoms with Gasteiger partial charge < -0.3 is 10.2 Å². The molecule has 0 radical (unpaired) electrons. The molecule has 0 aromatic heterocycles. The highest BCUT2D eigenvalue weighted by atomic mass is 15.1. The van der Waals surface area contributed by atoms with E-state index < -0.39 is 0 Å². The van der Waals surface area contributed by atoms with E-state index in [1.54, 1.807) is 0 Å². The van der Waals surface area contributed by atoms with Gasteiger partial charge in [-0.2, -0.15) is 0 Å². The fourth-order valence-electron chi connectivity index (χ4n) is 1.94. The lowest BCUT2D eigenvalue weighted by Crippen LogP contribution is -2.35. The van der Waals surface area contributed by atoms with Gasteiger partial charge in [0.1, 0.15) is 0 Å². The number of nitrogens with one attached hydrogen (secondary N) is 1. The second-order valence-electron chi connectivity index (χ2n) is 6.66. The molecule has 1 N–H and O–H groups in total. The minimum Gasteiger partial charge on any atom is -0.374 e. The zero-order chi connectivity index (χ0) is 14.5. The highest BCUT2D eigenvalue weighted by Crippen LogP contribution is 2.16. The third-order valence-electron chi connectivity index (χ3n) is 3.48. The summed E-state index contributed by atoms with van der Waals surface area (Å²) in [5.74, 6) is 0.743. The monoisotopic (exact) mass is 262 g/mol. The van der Waals surface area contributed by atoms with Crippen molar-refractivity contribution in [2.75, 3.05) is 18.5 Å². The molecule has 1 atom stereocenters. The van der Waals surface area contributed by atoms with Gasteiger partial charge in [0.05, 0.1) is 0 Å². The molecule has 2 heteroatoms. The summed E-state index contributed by atoms with van der Waals surface area (Å²) in [6.45, 7) is 13.2. The number of hydrogen-bond donors (Lipinski definition) is 1. The van der Waals surface area contributed by atoms with E-state index in [1.165, 1.54) is 17.7 Å². The quantitative estimate of drug-likeness (QED) is 0.832. The van der Waals surface area contributed by atoms with Crippen molar-refractivity contribution in [1.82, 2.24) is 5.32 Å². The molecule has 0 saturated heterocycles. The van der Waals surface area contributed by atoms with Crippen LogP contribution in [0.15, 0.2) is 24.3 Å². The Morgan fingerprint density at radius 2 is 1.74 bits per heavy atom. The zero-order valence-corrected chi connectivity index (χ0v) is 13.5. The molecule has 0 aliphatic heterocycles. The van der Waals surface area contributed by atoms with E-state index in [4.69, 9.17) is 0 Å². The summed E-state index contributed by atoms with van der Waals surface area (Å²) in [7, 11) is 2.18. The van der Waals surface area contributed by atoms with Crippen molar-refractivity contribution in [3.63, 3.8) is 0 Å². The molecule has 0 spiro atoms. The van der Waals surface area contributed by atoms with Crippen LogP contribution in [0.4, 0.5) is 5.69 Å². The Morgan fingerprint density at radius 1 is 1.16 bits per heavy atom. The van der Waals surface area contributed by atoms with Crippen molar-refractivity contribution < 1.29 is 0 Å². The maximum atomic E-state index is 3.51. The Hall–Kier alpha value is -1.02. The second-order valence-corrected chi connectivity index (χ2v) is 6.66. The van der Waals surface area contributed by atoms with Crippen molar-refractivity contribution in [1.29, 1.82) is 0 Å². The first kappa shape index (κ1) is 16.0. The first-order valence-corrected chi connectivity index (χ1v) is 7.37. The van der Waals surface area contributed by atoms with E-state index >= 15 is 0 Å². The Bertz CT molecular complexity index is 362. The predicted molar refractivity (Wildman–Crippen MR) is 85.8 cm³/mol. The topological polar surface area (TPSA) is 15.3 Å². The molecular formula is C17H30N2. The maximum absolute atomic E-state index is 3.51. The molecule has 1 aromatic rings. The van der Waals surface area contributed by atoms with Gasteiger partial charge in [-0.1, -0.05) is 32.4 Å². The normalized spacial score (nSPS) is 13.4. The lowest BCUT2D eigenvalue weighted by Gasteiger charge is -2.24. The molecule has 0 bridgehead atoms. The number of nitrogens with zero attached hydrogens (tertiary/aromatic N) is 1. The highest BCUT2D eigenvalue weighted by Gasteiger charge is 2.09. The molecule has 0 heterocycles. The third kappa shape index (κ3) is 6.11. The average Bonchev–Trinajstić information content (AvgIpc) is 2.36. The molecular weight excluding hydrogens is 232 g/mol. The molecule has 1 aromatic carbocycles. The van der Waals surface area contributed by atoms with E-state index in [0.29, 0.717) is 0 Å². The van der Waals surface area contributed by atoms with Gasteiger partial charge in [-0.25, -0.2) is 0 Å². The standard InChI is InChI=1S/C17H30N2/c1-7-14(2)13-19(6)16-10-8-15(9-11-16)12-18-17(3,4)5/h8-11,14,18H,7,12-13H2,1-6H3. The first-order valence-electron chi connectivity index (χ1n) is 7.37. The van der Waals surface area contributed by atoms with Gasteiger partial charge >= 0.3 is 0 Å². The smallest absolute Gasteiger partial charge is 0.0363 e. The Kier molecular flexibility index (Phi) is 5.86. The lowest BCUT2D eigenvalue weighted by atomic mass is 10.1. The van der Waals surface area contributed by atoms with E-state index in [9.17, 15) is 0 Å². The minimum absolute atomic E-state index is 0.173. The molecule has 1 rings (SSSR count). The van der Waals surface area contributed by atoms with Crippen LogP contribution >= 0.6 is 0 Å². The highest BCUT2D eigenvalue weighted by molar-refractivity contribution is 5.46. The van der Waals surface area contributed by atoms with Crippen LogP contribution in [0.3, 0.4) is 0 Å².